The van der Waals surface area contributed by atoms with Crippen molar-refractivity contribution in [1.29, 1.82) is 0 Å². The number of ether oxygens (including phenoxy) is 1. The average molecular weight is 438 g/mol. The Kier molecular flexibility index (Phi) is 6.11. The molecule has 0 unspecified atom stereocenters. The number of fused-ring (bicyclic) bond motifs is 3. The molecule has 8 nitrogen and oxygen atoms in total. The van der Waals surface area contributed by atoms with Crippen molar-refractivity contribution >= 4 is 40.7 Å². The number of hydrogen-bond donors (Lipinski definition) is 3. The summed E-state index contributed by atoms with van der Waals surface area (Å²) in [7, 11) is 1.58. The zero-order valence-electron chi connectivity index (χ0n) is 16.7. The SMILES string of the molecule is COCCNC(=O)c1ccc(Nc2ncc3c(n2)-c2ccc(Cl)cc2NC(=O)C3)cc1. The van der Waals surface area contributed by atoms with Crippen molar-refractivity contribution in [2.45, 2.75) is 6.42 Å². The molecule has 31 heavy (non-hydrogen) atoms. The van der Waals surface area contributed by atoms with E-state index in [0.29, 0.717) is 41.1 Å². The number of halogens is 1. The van der Waals surface area contributed by atoms with E-state index in [1.54, 1.807) is 49.7 Å². The molecule has 0 fully saturated rings. The van der Waals surface area contributed by atoms with Gasteiger partial charge in [0, 0.05) is 47.3 Å². The predicted molar refractivity (Wildman–Crippen MR) is 119 cm³/mol. The van der Waals surface area contributed by atoms with Gasteiger partial charge in [0.2, 0.25) is 11.9 Å². The maximum absolute atomic E-state index is 12.2. The Morgan fingerprint density at radius 1 is 1.23 bits per heavy atom. The molecular formula is C22H20ClN5O3. The highest BCUT2D eigenvalue weighted by Gasteiger charge is 2.21. The van der Waals surface area contributed by atoms with Crippen LogP contribution in [-0.2, 0) is 16.0 Å². The predicted octanol–water partition coefficient (Wildman–Crippen LogP) is 3.41. The third-order valence-corrected chi connectivity index (χ3v) is 4.96. The van der Waals surface area contributed by atoms with Crippen molar-refractivity contribution in [2.75, 3.05) is 30.9 Å². The number of hydrogen-bond acceptors (Lipinski definition) is 6. The highest BCUT2D eigenvalue weighted by atomic mass is 35.5. The normalized spacial score (nSPS) is 12.3. The summed E-state index contributed by atoms with van der Waals surface area (Å²) in [4.78, 5) is 33.3. The second kappa shape index (κ2) is 9.11. The third kappa shape index (κ3) is 4.82. The van der Waals surface area contributed by atoms with Crippen LogP contribution >= 0.6 is 11.6 Å². The maximum atomic E-state index is 12.2. The van der Waals surface area contributed by atoms with Crippen molar-refractivity contribution in [1.82, 2.24) is 15.3 Å². The molecule has 1 aliphatic heterocycles. The van der Waals surface area contributed by atoms with Gasteiger partial charge >= 0.3 is 0 Å². The summed E-state index contributed by atoms with van der Waals surface area (Å²) in [6, 6.07) is 12.3. The second-order valence-electron chi connectivity index (χ2n) is 6.93. The molecule has 9 heteroatoms. The standard InChI is InChI=1S/C22H20ClN5O3/c1-31-9-8-24-21(30)13-2-5-16(6-3-13)26-22-25-12-14-10-19(29)27-18-11-15(23)4-7-17(18)20(14)28-22/h2-7,11-12H,8-10H2,1H3,(H,24,30)(H,27,29)(H,25,26,28). The van der Waals surface area contributed by atoms with Crippen LogP contribution < -0.4 is 16.0 Å². The van der Waals surface area contributed by atoms with Crippen LogP contribution in [-0.4, -0.2) is 42.0 Å². The number of methoxy groups -OCH3 is 1. The number of carbonyl (C=O) groups excluding carboxylic acids is 2. The van der Waals surface area contributed by atoms with Crippen LogP contribution in [0.5, 0.6) is 0 Å². The van der Waals surface area contributed by atoms with E-state index in [4.69, 9.17) is 16.3 Å². The summed E-state index contributed by atoms with van der Waals surface area (Å²) >= 11 is 6.08. The molecular weight excluding hydrogens is 418 g/mol. The third-order valence-electron chi connectivity index (χ3n) is 4.72. The van der Waals surface area contributed by atoms with Crippen LogP contribution in [0.4, 0.5) is 17.3 Å². The van der Waals surface area contributed by atoms with Crippen LogP contribution in [0.1, 0.15) is 15.9 Å². The van der Waals surface area contributed by atoms with E-state index in [2.05, 4.69) is 25.9 Å². The lowest BCUT2D eigenvalue weighted by atomic mass is 10.1. The molecule has 0 saturated carbocycles. The fourth-order valence-electron chi connectivity index (χ4n) is 3.23. The molecule has 1 aliphatic rings. The minimum Gasteiger partial charge on any atom is -0.383 e. The Morgan fingerprint density at radius 3 is 2.81 bits per heavy atom. The van der Waals surface area contributed by atoms with Gasteiger partial charge in [0.15, 0.2) is 0 Å². The molecule has 2 amide bonds. The summed E-state index contributed by atoms with van der Waals surface area (Å²) in [6.07, 6.45) is 1.82. The summed E-state index contributed by atoms with van der Waals surface area (Å²) < 4.78 is 4.93. The Morgan fingerprint density at radius 2 is 2.03 bits per heavy atom. The van der Waals surface area contributed by atoms with Gasteiger partial charge in [-0.3, -0.25) is 9.59 Å². The summed E-state index contributed by atoms with van der Waals surface area (Å²) in [5.74, 6) is 0.0644. The number of amides is 2. The smallest absolute Gasteiger partial charge is 0.251 e. The molecule has 0 saturated heterocycles. The second-order valence-corrected chi connectivity index (χ2v) is 7.37. The molecule has 0 aliphatic carbocycles. The van der Waals surface area contributed by atoms with Crippen LogP contribution in [0, 0.1) is 0 Å². The van der Waals surface area contributed by atoms with Gasteiger partial charge in [-0.1, -0.05) is 11.6 Å². The first-order chi connectivity index (χ1) is 15.0. The molecule has 158 valence electrons. The maximum Gasteiger partial charge on any atom is 0.251 e. The van der Waals surface area contributed by atoms with Crippen LogP contribution in [0.3, 0.4) is 0 Å². The van der Waals surface area contributed by atoms with Crippen LogP contribution in [0.15, 0.2) is 48.7 Å². The van der Waals surface area contributed by atoms with Crippen molar-refractivity contribution < 1.29 is 14.3 Å². The molecule has 0 spiro atoms. The summed E-state index contributed by atoms with van der Waals surface area (Å²) in [5, 5.41) is 9.30. The van der Waals surface area contributed by atoms with Gasteiger partial charge in [-0.25, -0.2) is 9.97 Å². The molecule has 3 aromatic rings. The Bertz CT molecular complexity index is 1130. The molecule has 2 aromatic carbocycles. The molecule has 1 aromatic heterocycles. The fourth-order valence-corrected chi connectivity index (χ4v) is 3.40. The highest BCUT2D eigenvalue weighted by Crippen LogP contribution is 2.34. The van der Waals surface area contributed by atoms with Crippen LogP contribution in [0.2, 0.25) is 5.02 Å². The largest absolute Gasteiger partial charge is 0.383 e. The Balaban J connectivity index is 1.55. The van der Waals surface area contributed by atoms with E-state index in [9.17, 15) is 9.59 Å². The number of carbonyl (C=O) groups is 2. The zero-order valence-corrected chi connectivity index (χ0v) is 17.5. The number of rotatable bonds is 6. The molecule has 2 heterocycles. The first-order valence-electron chi connectivity index (χ1n) is 9.63. The minimum absolute atomic E-state index is 0.147. The Hall–Kier alpha value is -3.49. The van der Waals surface area contributed by atoms with Crippen LogP contribution in [0.25, 0.3) is 11.3 Å². The van der Waals surface area contributed by atoms with E-state index in [1.807, 2.05) is 6.07 Å². The van der Waals surface area contributed by atoms with Crippen molar-refractivity contribution in [2.24, 2.45) is 0 Å². The van der Waals surface area contributed by atoms with Gasteiger partial charge in [0.1, 0.15) is 0 Å². The topological polar surface area (TPSA) is 105 Å². The summed E-state index contributed by atoms with van der Waals surface area (Å²) in [6.45, 7) is 0.903. The van der Waals surface area contributed by atoms with E-state index in [0.717, 1.165) is 16.8 Å². The number of aromatic nitrogens is 2. The van der Waals surface area contributed by atoms with Gasteiger partial charge in [-0.2, -0.15) is 0 Å². The first-order valence-corrected chi connectivity index (χ1v) is 10.0. The molecule has 0 radical (unpaired) electrons. The van der Waals surface area contributed by atoms with Gasteiger partial charge in [-0.05, 0) is 42.5 Å². The fraction of sp³-hybridized carbons (Fsp3) is 0.182. The van der Waals surface area contributed by atoms with E-state index in [1.165, 1.54) is 0 Å². The average Bonchev–Trinajstić information content (AvgIpc) is 2.89. The zero-order chi connectivity index (χ0) is 21.8. The number of anilines is 3. The summed E-state index contributed by atoms with van der Waals surface area (Å²) in [5.41, 5.74) is 4.06. The van der Waals surface area contributed by atoms with Gasteiger partial charge in [-0.15, -0.1) is 0 Å². The van der Waals surface area contributed by atoms with Crippen molar-refractivity contribution in [3.8, 4) is 11.3 Å². The highest BCUT2D eigenvalue weighted by molar-refractivity contribution is 6.31. The van der Waals surface area contributed by atoms with E-state index < -0.39 is 0 Å². The van der Waals surface area contributed by atoms with Crippen molar-refractivity contribution in [3.05, 3.63) is 64.8 Å². The first kappa shape index (κ1) is 20.8. The lowest BCUT2D eigenvalue weighted by Gasteiger charge is -2.11. The number of benzene rings is 2. The number of nitrogens with one attached hydrogen (secondary N) is 3. The quantitative estimate of drug-likeness (QED) is 0.510. The van der Waals surface area contributed by atoms with Gasteiger partial charge < -0.3 is 20.7 Å². The number of nitrogens with zero attached hydrogens (tertiary/aromatic N) is 2. The van der Waals surface area contributed by atoms with E-state index >= 15 is 0 Å². The molecule has 4 rings (SSSR count). The van der Waals surface area contributed by atoms with Gasteiger partial charge in [0.05, 0.1) is 24.4 Å². The Labute approximate surface area is 184 Å². The molecule has 0 bridgehead atoms. The lowest BCUT2D eigenvalue weighted by Crippen LogP contribution is -2.26. The monoisotopic (exact) mass is 437 g/mol. The van der Waals surface area contributed by atoms with E-state index in [-0.39, 0.29) is 18.2 Å². The van der Waals surface area contributed by atoms with Gasteiger partial charge in [0.25, 0.3) is 5.91 Å². The molecule has 0 atom stereocenters. The van der Waals surface area contributed by atoms with Crippen molar-refractivity contribution in [3.63, 3.8) is 0 Å². The lowest BCUT2D eigenvalue weighted by molar-refractivity contribution is -0.115. The minimum atomic E-state index is -0.169. The molecule has 3 N–H and O–H groups in total.